The van der Waals surface area contributed by atoms with E-state index in [1.54, 1.807) is 129 Å². The van der Waals surface area contributed by atoms with Gasteiger partial charge in [0.2, 0.25) is 0 Å². The van der Waals surface area contributed by atoms with Gasteiger partial charge in [0.05, 0.1) is 41.7 Å². The highest BCUT2D eigenvalue weighted by Crippen LogP contribution is 2.45. The van der Waals surface area contributed by atoms with Crippen molar-refractivity contribution in [2.24, 2.45) is 11.8 Å². The number of esters is 11. The average Bonchev–Trinajstić information content (AvgIpc) is 1.58. The molecule has 0 fully saturated rings. The SMILES string of the molecule is C=C(C)C(=O)OCC1Cc2ccc(-c3ccc(OC)c(OC(=O)C(=C)C)c3)cc2C1.C=C(C)C(=O)Oc1cc(-c2ccc3c(c2)CC(OC(=O)C(=C)C)C3)ccc1OC.C=C(C)C(=O)Oc1cccc(-c2ccc3c(c2)CC(OC(=O)C(=C)C)C3OC(=O)C(=C)C)c1.C=CC(=O)OC1Cc2ccc(-c3ccc(OC)c(OC(=O)C(=C)C)c3)cc2C1.C=CC(=O)OCC1Cc2ccc(-c3ccc(OC)c(OC(=O)C(=C)C)c3)cc2C1. The first-order valence-corrected chi connectivity index (χ1v) is 47.8. The van der Waals surface area contributed by atoms with Crippen molar-refractivity contribution in [2.75, 3.05) is 41.7 Å². The third-order valence-electron chi connectivity index (χ3n) is 24.5. The number of hydrogen-bond acceptors (Lipinski definition) is 26. The van der Waals surface area contributed by atoms with Crippen LogP contribution in [0.15, 0.2) is 323 Å². The fourth-order valence-corrected chi connectivity index (χ4v) is 16.6. The van der Waals surface area contributed by atoms with E-state index >= 15 is 0 Å². The first kappa shape index (κ1) is 112. The Kier molecular flexibility index (Phi) is 38.7. The van der Waals surface area contributed by atoms with Crippen LogP contribution in [0.2, 0.25) is 0 Å². The van der Waals surface area contributed by atoms with Gasteiger partial charge in [-0.25, -0.2) is 52.7 Å². The summed E-state index contributed by atoms with van der Waals surface area (Å²) < 4.78 is 80.7. The number of carbonyl (C=O) groups excluding carboxylic acids is 11. The van der Waals surface area contributed by atoms with Gasteiger partial charge in [0.15, 0.2) is 52.1 Å². The van der Waals surface area contributed by atoms with E-state index in [0.29, 0.717) is 136 Å². The molecule has 26 heteroatoms. The Morgan fingerprint density at radius 3 is 0.893 bits per heavy atom. The fraction of sp³-hybridized carbons (Fsp3) is 0.244. The molecule has 0 bridgehead atoms. The normalized spacial score (nSPS) is 15.0. The first-order chi connectivity index (χ1) is 70.9. The van der Waals surface area contributed by atoms with Gasteiger partial charge in [-0.05, 0) is 260 Å². The summed E-state index contributed by atoms with van der Waals surface area (Å²) >= 11 is 0. The molecule has 10 aromatic carbocycles. The van der Waals surface area contributed by atoms with Crippen molar-refractivity contribution >= 4 is 65.7 Å². The molecule has 0 amide bonds. The molecule has 5 aliphatic rings. The molecule has 0 spiro atoms. The Bertz CT molecular complexity index is 7040. The highest BCUT2D eigenvalue weighted by atomic mass is 16.6. The molecule has 0 saturated heterocycles. The van der Waals surface area contributed by atoms with Gasteiger partial charge in [-0.3, -0.25) is 0 Å². The molecular formula is C123H122O26. The lowest BCUT2D eigenvalue weighted by Gasteiger charge is -2.21. The van der Waals surface area contributed by atoms with Crippen LogP contribution in [-0.4, -0.2) is 126 Å². The molecule has 0 saturated carbocycles. The van der Waals surface area contributed by atoms with Crippen molar-refractivity contribution in [3.63, 3.8) is 0 Å². The standard InChI is InChI=1S/C27H26O6.C25H26O5.2C24H24O5.C23H22O5/c1-15(2)25(28)31-21-9-7-8-18(13-21)19-10-11-22-20(12-19)14-23(32-26(29)16(3)4)24(22)33-27(30)17(5)6;1-15(2)24(26)29-14-17-10-18-6-7-19(12-21(18)11-17)20-8-9-22(28-5)23(13-20)30-25(27)16(3)4;1-14(2)23(25)28-20-11-17-7-6-16(10-19(17)12-20)18-8-9-21(27-5)22(13-18)29-24(26)15(3)4;1-5-23(25)28-14-16-10-17-6-7-18(12-20(17)11-16)19-8-9-21(27-4)22(13-19)29-24(26)15(2)3;1-5-22(24)27-19-11-16-7-6-15(10-18(16)12-19)17-8-9-20(26-4)21(13-17)28-23(25)14(2)3/h7-13,23-24H,1,3,5,14H2,2,4,6H3;6-9,12-13,17H,1,3,10-11,14H2,2,4-5H3;6-10,13,20H,1,3,11-12H2,2,4-5H3;5-9,12-13,16H,1-2,10-11,14H2,3-4H3;5-10,13,19H,1-2,11-12H2,3-4H3. The maximum Gasteiger partial charge on any atom is 0.338 e. The number of methoxy groups -OCH3 is 4. The Morgan fingerprint density at radius 1 is 0.255 bits per heavy atom. The number of rotatable bonds is 33. The Morgan fingerprint density at radius 2 is 0.537 bits per heavy atom. The summed E-state index contributed by atoms with van der Waals surface area (Å²) in [6.45, 7) is 54.5. The Balaban J connectivity index is 0.000000177. The summed E-state index contributed by atoms with van der Waals surface area (Å²) in [6, 6.07) is 59.5. The molecule has 770 valence electrons. The number of carbonyl (C=O) groups is 11. The number of hydrogen-bond donors (Lipinski definition) is 0. The van der Waals surface area contributed by atoms with Crippen LogP contribution in [0.4, 0.5) is 0 Å². The van der Waals surface area contributed by atoms with Gasteiger partial charge < -0.3 is 71.1 Å². The molecule has 0 aliphatic heterocycles. The molecule has 10 aromatic rings. The zero-order valence-corrected chi connectivity index (χ0v) is 86.2. The summed E-state index contributed by atoms with van der Waals surface area (Å²) in [7, 11) is 6.10. The van der Waals surface area contributed by atoms with Crippen LogP contribution in [0.1, 0.15) is 124 Å². The highest BCUT2D eigenvalue weighted by molar-refractivity contribution is 5.94. The van der Waals surface area contributed by atoms with E-state index in [1.807, 2.05) is 84.9 Å². The summed E-state index contributed by atoms with van der Waals surface area (Å²) in [4.78, 5) is 130. The third kappa shape index (κ3) is 30.2. The van der Waals surface area contributed by atoms with Gasteiger partial charge >= 0.3 is 65.7 Å². The molecule has 149 heavy (non-hydrogen) atoms. The lowest BCUT2D eigenvalue weighted by molar-refractivity contribution is -0.161. The van der Waals surface area contributed by atoms with Gasteiger partial charge in [0.25, 0.3) is 0 Å². The quantitative estimate of drug-likeness (QED) is 0.0160. The van der Waals surface area contributed by atoms with Crippen LogP contribution in [0.3, 0.4) is 0 Å². The summed E-state index contributed by atoms with van der Waals surface area (Å²) in [5, 5.41) is 0. The van der Waals surface area contributed by atoms with Gasteiger partial charge in [-0.2, -0.15) is 0 Å². The average molecular weight is 2020 g/mol. The summed E-state index contributed by atoms with van der Waals surface area (Å²) in [6.07, 6.45) is 7.14. The maximum atomic E-state index is 12.2. The lowest BCUT2D eigenvalue weighted by atomic mass is 10.00. The van der Waals surface area contributed by atoms with Crippen LogP contribution < -0.4 is 42.6 Å². The van der Waals surface area contributed by atoms with Crippen LogP contribution in [0.5, 0.6) is 51.7 Å². The first-order valence-electron chi connectivity index (χ1n) is 47.8. The minimum Gasteiger partial charge on any atom is -0.493 e. The van der Waals surface area contributed by atoms with E-state index < -0.39 is 65.9 Å². The van der Waals surface area contributed by atoms with E-state index in [-0.39, 0.29) is 47.1 Å². The van der Waals surface area contributed by atoms with E-state index in [1.165, 1.54) is 62.8 Å². The van der Waals surface area contributed by atoms with Crippen LogP contribution >= 0.6 is 0 Å². The van der Waals surface area contributed by atoms with E-state index in [0.717, 1.165) is 115 Å². The minimum absolute atomic E-state index is 0.168. The third-order valence-corrected chi connectivity index (χ3v) is 24.5. The predicted octanol–water partition coefficient (Wildman–Crippen LogP) is 22.5. The largest absolute Gasteiger partial charge is 0.493 e. The Hall–Kier alpha value is -17.3. The summed E-state index contributed by atoms with van der Waals surface area (Å²) in [5.74, 6) is -0.865. The molecule has 15 rings (SSSR count). The van der Waals surface area contributed by atoms with Gasteiger partial charge in [-0.15, -0.1) is 0 Å². The predicted molar refractivity (Wildman–Crippen MR) is 568 cm³/mol. The zero-order valence-electron chi connectivity index (χ0n) is 86.2. The van der Waals surface area contributed by atoms with Crippen molar-refractivity contribution in [3.8, 4) is 107 Å². The van der Waals surface area contributed by atoms with Gasteiger partial charge in [0, 0.05) is 106 Å². The lowest BCUT2D eigenvalue weighted by Crippen LogP contribution is -2.26. The summed E-state index contributed by atoms with van der Waals surface area (Å²) in [5.41, 5.74) is 23.4. The van der Waals surface area contributed by atoms with Crippen LogP contribution in [0.25, 0.3) is 55.6 Å². The van der Waals surface area contributed by atoms with Gasteiger partial charge in [0.1, 0.15) is 24.1 Å². The number of fused-ring (bicyclic) bond motifs is 5. The highest BCUT2D eigenvalue weighted by Gasteiger charge is 2.40. The van der Waals surface area contributed by atoms with Crippen molar-refractivity contribution in [1.82, 2.24) is 0 Å². The molecule has 0 radical (unpaired) electrons. The second kappa shape index (κ2) is 51.5. The number of ether oxygens (including phenoxy) is 15. The van der Waals surface area contributed by atoms with Crippen LogP contribution in [-0.2, 0) is 139 Å². The fourth-order valence-electron chi connectivity index (χ4n) is 16.6. The van der Waals surface area contributed by atoms with E-state index in [4.69, 9.17) is 71.1 Å². The number of benzene rings is 10. The van der Waals surface area contributed by atoms with Crippen molar-refractivity contribution in [1.29, 1.82) is 0 Å². The molecule has 0 aromatic heterocycles. The van der Waals surface area contributed by atoms with Gasteiger partial charge in [-0.1, -0.05) is 200 Å². The zero-order chi connectivity index (χ0) is 108. The molecule has 0 heterocycles. The van der Waals surface area contributed by atoms with E-state index in [9.17, 15) is 52.7 Å². The Labute approximate surface area is 868 Å². The molecular weight excluding hydrogens is 1890 g/mol. The molecule has 6 unspecified atom stereocenters. The second-order valence-electron chi connectivity index (χ2n) is 36.9. The molecule has 5 aliphatic carbocycles. The van der Waals surface area contributed by atoms with Crippen molar-refractivity contribution in [3.05, 3.63) is 378 Å². The smallest absolute Gasteiger partial charge is 0.338 e. The topological polar surface area (TPSA) is 326 Å². The van der Waals surface area contributed by atoms with Crippen molar-refractivity contribution < 1.29 is 124 Å². The van der Waals surface area contributed by atoms with Crippen LogP contribution in [0, 0.1) is 11.8 Å². The monoisotopic (exact) mass is 2010 g/mol. The minimum atomic E-state index is -0.746. The van der Waals surface area contributed by atoms with E-state index in [2.05, 4.69) is 109 Å². The maximum absolute atomic E-state index is 12.2. The molecule has 6 atom stereocenters. The molecule has 0 N–H and O–H groups in total. The van der Waals surface area contributed by atoms with Crippen molar-refractivity contribution in [2.45, 2.75) is 145 Å². The second-order valence-corrected chi connectivity index (χ2v) is 36.9. The molecule has 26 nitrogen and oxygen atoms in total.